The van der Waals surface area contributed by atoms with Crippen LogP contribution in [0.15, 0.2) is 41.7 Å². The summed E-state index contributed by atoms with van der Waals surface area (Å²) in [4.78, 5) is 8.44. The van der Waals surface area contributed by atoms with Crippen molar-refractivity contribution >= 4 is 16.9 Å². The molecule has 2 aliphatic rings. The maximum absolute atomic E-state index is 15.0. The molecule has 0 spiro atoms. The molecule has 8 heteroatoms. The summed E-state index contributed by atoms with van der Waals surface area (Å²) in [5.74, 6) is -0.116. The SMILES string of the molecule is COC[C@H]1C[C@H]2CSC(N)=N[C@@]2(c2cc(-c3ccncc3F)ccc2F)CO1. The van der Waals surface area contributed by atoms with E-state index < -0.39 is 17.2 Å². The molecule has 0 radical (unpaired) electrons. The Bertz CT molecular complexity index is 911. The predicted octanol–water partition coefficient (Wildman–Crippen LogP) is 3.34. The number of halogens is 2. The highest BCUT2D eigenvalue weighted by Gasteiger charge is 2.49. The molecule has 0 saturated carbocycles. The molecule has 28 heavy (non-hydrogen) atoms. The number of fused-ring (bicyclic) bond motifs is 1. The third-order valence-corrected chi connectivity index (χ3v) is 6.33. The lowest BCUT2D eigenvalue weighted by Crippen LogP contribution is -2.51. The number of hydrogen-bond donors (Lipinski definition) is 1. The number of thioether (sulfide) groups is 1. The molecule has 3 atom stereocenters. The van der Waals surface area contributed by atoms with Crippen LogP contribution in [-0.4, -0.2) is 42.3 Å². The molecule has 0 amide bonds. The summed E-state index contributed by atoms with van der Waals surface area (Å²) in [5.41, 5.74) is 6.40. The summed E-state index contributed by atoms with van der Waals surface area (Å²) >= 11 is 1.47. The van der Waals surface area contributed by atoms with E-state index in [2.05, 4.69) is 9.98 Å². The van der Waals surface area contributed by atoms with Gasteiger partial charge in [-0.1, -0.05) is 17.8 Å². The number of amidine groups is 1. The van der Waals surface area contributed by atoms with Gasteiger partial charge in [-0.3, -0.25) is 4.98 Å². The molecule has 4 rings (SSSR count). The Labute approximate surface area is 166 Å². The van der Waals surface area contributed by atoms with E-state index in [0.29, 0.717) is 40.6 Å². The summed E-state index contributed by atoms with van der Waals surface area (Å²) in [6.07, 6.45) is 3.27. The van der Waals surface area contributed by atoms with E-state index in [1.54, 1.807) is 25.3 Å². The maximum atomic E-state index is 15.0. The van der Waals surface area contributed by atoms with E-state index in [4.69, 9.17) is 15.2 Å². The lowest BCUT2D eigenvalue weighted by Gasteiger charge is -2.46. The zero-order chi connectivity index (χ0) is 19.7. The standard InChI is InChI=1S/C20H21F2N3O2S/c1-26-9-14-7-13-10-28-19(23)25-20(13,11-27-14)16-6-12(2-3-17(16)21)15-4-5-24-8-18(15)22/h2-6,8,13-14H,7,9-11H2,1H3,(H2,23,25)/t13-,14+,20-/m0/s1. The van der Waals surface area contributed by atoms with Crippen LogP contribution in [0.4, 0.5) is 8.78 Å². The van der Waals surface area contributed by atoms with Crippen molar-refractivity contribution in [1.82, 2.24) is 4.98 Å². The Kier molecular flexibility index (Phi) is 5.35. The van der Waals surface area contributed by atoms with Crippen LogP contribution in [0.2, 0.25) is 0 Å². The van der Waals surface area contributed by atoms with Crippen LogP contribution in [0.3, 0.4) is 0 Å². The molecular formula is C20H21F2N3O2S. The predicted molar refractivity (Wildman–Crippen MR) is 105 cm³/mol. The molecule has 0 aliphatic carbocycles. The number of hydrogen-bond acceptors (Lipinski definition) is 6. The van der Waals surface area contributed by atoms with Crippen molar-refractivity contribution in [2.45, 2.75) is 18.1 Å². The second kappa shape index (κ2) is 7.77. The minimum Gasteiger partial charge on any atom is -0.382 e. The molecule has 2 aliphatic heterocycles. The fourth-order valence-corrected chi connectivity index (χ4v) is 4.99. The van der Waals surface area contributed by atoms with E-state index in [-0.39, 0.29) is 18.6 Å². The molecule has 5 nitrogen and oxygen atoms in total. The van der Waals surface area contributed by atoms with Crippen LogP contribution in [0.1, 0.15) is 12.0 Å². The van der Waals surface area contributed by atoms with Crippen LogP contribution in [0.5, 0.6) is 0 Å². The number of rotatable bonds is 4. The number of aromatic nitrogens is 1. The van der Waals surface area contributed by atoms with Crippen molar-refractivity contribution in [2.24, 2.45) is 16.6 Å². The van der Waals surface area contributed by atoms with E-state index >= 15 is 4.39 Å². The number of benzene rings is 1. The summed E-state index contributed by atoms with van der Waals surface area (Å²) in [7, 11) is 1.63. The van der Waals surface area contributed by atoms with Crippen LogP contribution < -0.4 is 5.73 Å². The van der Waals surface area contributed by atoms with Gasteiger partial charge in [-0.2, -0.15) is 0 Å². The highest BCUT2D eigenvalue weighted by atomic mass is 32.2. The Morgan fingerprint density at radius 3 is 2.96 bits per heavy atom. The Hall–Kier alpha value is -2.03. The normalized spacial score (nSPS) is 27.2. The monoisotopic (exact) mass is 405 g/mol. The van der Waals surface area contributed by atoms with Gasteiger partial charge in [0.1, 0.15) is 17.2 Å². The molecule has 1 aromatic heterocycles. The topological polar surface area (TPSA) is 69.7 Å². The van der Waals surface area contributed by atoms with Crippen LogP contribution >= 0.6 is 11.8 Å². The summed E-state index contributed by atoms with van der Waals surface area (Å²) in [5, 5.41) is 0.407. The smallest absolute Gasteiger partial charge is 0.154 e. The van der Waals surface area contributed by atoms with E-state index in [1.807, 2.05) is 0 Å². The fraction of sp³-hybridized carbons (Fsp3) is 0.400. The van der Waals surface area contributed by atoms with Crippen LogP contribution in [0, 0.1) is 17.6 Å². The second-order valence-electron chi connectivity index (χ2n) is 7.06. The first kappa shape index (κ1) is 19.3. The Balaban J connectivity index is 1.80. The number of ether oxygens (including phenoxy) is 2. The number of nitrogens with zero attached hydrogens (tertiary/aromatic N) is 2. The van der Waals surface area contributed by atoms with E-state index in [1.165, 1.54) is 24.0 Å². The van der Waals surface area contributed by atoms with Gasteiger partial charge in [0.15, 0.2) is 5.17 Å². The highest BCUT2D eigenvalue weighted by Crippen LogP contribution is 2.47. The van der Waals surface area contributed by atoms with Gasteiger partial charge >= 0.3 is 0 Å². The van der Waals surface area contributed by atoms with Gasteiger partial charge in [0, 0.05) is 36.1 Å². The average molecular weight is 405 g/mol. The first-order chi connectivity index (χ1) is 13.5. The van der Waals surface area contributed by atoms with E-state index in [9.17, 15) is 4.39 Å². The number of methoxy groups -OCH3 is 1. The van der Waals surface area contributed by atoms with Crippen LogP contribution in [0.25, 0.3) is 11.1 Å². The molecule has 0 unspecified atom stereocenters. The molecule has 1 fully saturated rings. The lowest BCUT2D eigenvalue weighted by molar-refractivity contribution is -0.0836. The van der Waals surface area contributed by atoms with Gasteiger partial charge < -0.3 is 15.2 Å². The summed E-state index contributed by atoms with van der Waals surface area (Å²) in [6.45, 7) is 0.674. The number of pyridine rings is 1. The molecule has 1 aromatic carbocycles. The fourth-order valence-electron chi connectivity index (χ4n) is 3.98. The largest absolute Gasteiger partial charge is 0.382 e. The minimum absolute atomic E-state index is 0.0331. The molecular weight excluding hydrogens is 384 g/mol. The molecule has 2 aromatic rings. The second-order valence-corrected chi connectivity index (χ2v) is 8.10. The van der Waals surface area contributed by atoms with Gasteiger partial charge in [0.2, 0.25) is 0 Å². The Morgan fingerprint density at radius 2 is 2.18 bits per heavy atom. The molecule has 1 saturated heterocycles. The molecule has 2 N–H and O–H groups in total. The summed E-state index contributed by atoms with van der Waals surface area (Å²) < 4.78 is 40.4. The third-order valence-electron chi connectivity index (χ3n) is 5.37. The van der Waals surface area contributed by atoms with Crippen molar-refractivity contribution in [3.05, 3.63) is 53.9 Å². The lowest BCUT2D eigenvalue weighted by atomic mass is 9.74. The van der Waals surface area contributed by atoms with Gasteiger partial charge in [0.25, 0.3) is 0 Å². The quantitative estimate of drug-likeness (QED) is 0.845. The summed E-state index contributed by atoms with van der Waals surface area (Å²) in [6, 6.07) is 6.14. The molecule has 3 heterocycles. The van der Waals surface area contributed by atoms with Gasteiger partial charge in [-0.05, 0) is 30.2 Å². The van der Waals surface area contributed by atoms with Crippen molar-refractivity contribution in [2.75, 3.05) is 26.1 Å². The van der Waals surface area contributed by atoms with Crippen molar-refractivity contribution < 1.29 is 18.3 Å². The number of nitrogens with two attached hydrogens (primary N) is 1. The van der Waals surface area contributed by atoms with Gasteiger partial charge in [-0.15, -0.1) is 0 Å². The van der Waals surface area contributed by atoms with Crippen LogP contribution in [-0.2, 0) is 15.0 Å². The first-order valence-corrected chi connectivity index (χ1v) is 10.0. The Morgan fingerprint density at radius 1 is 1.32 bits per heavy atom. The van der Waals surface area contributed by atoms with Gasteiger partial charge in [-0.25, -0.2) is 13.8 Å². The van der Waals surface area contributed by atoms with Gasteiger partial charge in [0.05, 0.1) is 25.5 Å². The van der Waals surface area contributed by atoms with Crippen molar-refractivity contribution in [1.29, 1.82) is 0 Å². The third kappa shape index (κ3) is 3.40. The zero-order valence-corrected chi connectivity index (χ0v) is 16.2. The van der Waals surface area contributed by atoms with E-state index in [0.717, 1.165) is 6.20 Å². The highest BCUT2D eigenvalue weighted by molar-refractivity contribution is 8.13. The maximum Gasteiger partial charge on any atom is 0.154 e. The number of aliphatic imine (C=N–C) groups is 1. The molecule has 148 valence electrons. The minimum atomic E-state index is -0.927. The van der Waals surface area contributed by atoms with Crippen molar-refractivity contribution in [3.63, 3.8) is 0 Å². The van der Waals surface area contributed by atoms with Crippen molar-refractivity contribution in [3.8, 4) is 11.1 Å². The average Bonchev–Trinajstić information content (AvgIpc) is 2.69. The first-order valence-electron chi connectivity index (χ1n) is 9.02. The zero-order valence-electron chi connectivity index (χ0n) is 15.4. The molecule has 0 bridgehead atoms.